The molecule has 2 N–H and O–H groups in total. The molecule has 0 aliphatic heterocycles. The molecule has 1 aromatic heterocycles. The lowest BCUT2D eigenvalue weighted by atomic mass is 10.0. The summed E-state index contributed by atoms with van der Waals surface area (Å²) in [5.74, 6) is -2.27. The van der Waals surface area contributed by atoms with Crippen molar-refractivity contribution in [1.29, 1.82) is 0 Å². The Morgan fingerprint density at radius 3 is 2.45 bits per heavy atom. The zero-order valence-electron chi connectivity index (χ0n) is 11.8. The largest absolute Gasteiger partial charge is 0.502 e. The normalized spacial score (nSPS) is 11.2. The number of carbonyl (C=O) groups excluding carboxylic acids is 1. The Morgan fingerprint density at radius 1 is 1.18 bits per heavy atom. The van der Waals surface area contributed by atoms with Gasteiger partial charge in [-0.3, -0.25) is 4.79 Å². The number of hydrogen-bond donors (Lipinski definition) is 2. The molecule has 0 amide bonds. The number of hydrogen-bond acceptors (Lipinski definition) is 5. The maximum atomic E-state index is 12.0. The Balaban J connectivity index is 2.20. The second-order valence-electron chi connectivity index (χ2n) is 4.53. The molecule has 2 rings (SSSR count). The summed E-state index contributed by atoms with van der Waals surface area (Å²) in [6, 6.07) is 7.46. The predicted molar refractivity (Wildman–Crippen MR) is 82.8 cm³/mol. The fraction of sp³-hybridized carbons (Fsp3) is 0.125. The molecule has 0 saturated heterocycles. The van der Waals surface area contributed by atoms with E-state index < -0.39 is 17.5 Å². The lowest BCUT2D eigenvalue weighted by Gasteiger charge is -2.04. The van der Waals surface area contributed by atoms with Gasteiger partial charge in [0, 0.05) is 17.0 Å². The van der Waals surface area contributed by atoms with Crippen molar-refractivity contribution in [3.63, 3.8) is 0 Å². The van der Waals surface area contributed by atoms with E-state index in [0.29, 0.717) is 12.0 Å². The molecule has 0 aliphatic carbocycles. The van der Waals surface area contributed by atoms with Crippen LogP contribution in [-0.4, -0.2) is 29.1 Å². The highest BCUT2D eigenvalue weighted by atomic mass is 32.1. The van der Waals surface area contributed by atoms with Gasteiger partial charge in [0.2, 0.25) is 5.76 Å². The van der Waals surface area contributed by atoms with Crippen molar-refractivity contribution in [2.45, 2.75) is 6.42 Å². The molecule has 0 aliphatic rings. The van der Waals surface area contributed by atoms with Crippen molar-refractivity contribution >= 4 is 23.1 Å². The van der Waals surface area contributed by atoms with Crippen molar-refractivity contribution in [3.05, 3.63) is 63.6 Å². The van der Waals surface area contributed by atoms with Crippen LogP contribution in [0.25, 0.3) is 0 Å². The third-order valence-corrected chi connectivity index (χ3v) is 3.84. The Bertz CT molecular complexity index is 712. The van der Waals surface area contributed by atoms with Crippen molar-refractivity contribution in [2.75, 3.05) is 7.11 Å². The van der Waals surface area contributed by atoms with Crippen LogP contribution in [-0.2, 0) is 11.2 Å². The fourth-order valence-corrected chi connectivity index (χ4v) is 2.75. The number of aliphatic hydroxyl groups excluding tert-OH is 1. The molecule has 0 saturated carbocycles. The first-order valence-corrected chi connectivity index (χ1v) is 7.32. The van der Waals surface area contributed by atoms with E-state index in [0.717, 1.165) is 23.0 Å². The molecule has 1 aromatic carbocycles. The zero-order chi connectivity index (χ0) is 16.1. The number of thiophene rings is 1. The molecule has 114 valence electrons. The summed E-state index contributed by atoms with van der Waals surface area (Å²) in [5, 5.41) is 21.2. The second-order valence-corrected chi connectivity index (χ2v) is 5.28. The van der Waals surface area contributed by atoms with E-state index in [-0.39, 0.29) is 0 Å². The van der Waals surface area contributed by atoms with Crippen LogP contribution in [0.15, 0.2) is 46.9 Å². The lowest BCUT2D eigenvalue weighted by Crippen LogP contribution is -2.05. The van der Waals surface area contributed by atoms with Gasteiger partial charge < -0.3 is 14.9 Å². The van der Waals surface area contributed by atoms with E-state index in [1.54, 1.807) is 12.5 Å². The highest BCUT2D eigenvalue weighted by Gasteiger charge is 2.14. The quantitative estimate of drug-likeness (QED) is 0.486. The molecule has 22 heavy (non-hydrogen) atoms. The molecule has 1 heterocycles. The van der Waals surface area contributed by atoms with E-state index in [4.69, 9.17) is 14.9 Å². The average molecular weight is 318 g/mol. The molecule has 6 heteroatoms. The van der Waals surface area contributed by atoms with E-state index in [9.17, 15) is 9.59 Å². The van der Waals surface area contributed by atoms with E-state index in [1.807, 2.05) is 29.6 Å². The molecule has 0 atom stereocenters. The number of ketones is 1. The summed E-state index contributed by atoms with van der Waals surface area (Å²) >= 11 is 1.35. The molecular weight excluding hydrogens is 304 g/mol. The average Bonchev–Trinajstić information content (AvgIpc) is 2.96. The first-order chi connectivity index (χ1) is 10.5. The zero-order valence-corrected chi connectivity index (χ0v) is 12.6. The molecule has 0 fully saturated rings. The summed E-state index contributed by atoms with van der Waals surface area (Å²) < 4.78 is 5.09. The number of rotatable bonds is 6. The van der Waals surface area contributed by atoms with E-state index in [1.165, 1.54) is 11.3 Å². The van der Waals surface area contributed by atoms with Gasteiger partial charge in [-0.15, -0.1) is 0 Å². The number of allylic oxidation sites excluding steroid dienone is 1. The minimum atomic E-state index is -1.53. The highest BCUT2D eigenvalue weighted by molar-refractivity contribution is 7.08. The highest BCUT2D eigenvalue weighted by Crippen LogP contribution is 2.21. The molecule has 0 radical (unpaired) electrons. The molecule has 2 aromatic rings. The number of carboxylic acids is 1. The summed E-state index contributed by atoms with van der Waals surface area (Å²) in [4.78, 5) is 22.6. The van der Waals surface area contributed by atoms with Gasteiger partial charge in [0.15, 0.2) is 5.78 Å². The Labute approximate surface area is 131 Å². The van der Waals surface area contributed by atoms with E-state index >= 15 is 0 Å². The minimum Gasteiger partial charge on any atom is -0.502 e. The van der Waals surface area contributed by atoms with Gasteiger partial charge >= 0.3 is 5.97 Å². The molecule has 0 unspecified atom stereocenters. The molecule has 0 bridgehead atoms. The van der Waals surface area contributed by atoms with Crippen LogP contribution in [0.5, 0.6) is 5.75 Å². The number of carboxylic acid groups (broad SMARTS) is 1. The van der Waals surface area contributed by atoms with Gasteiger partial charge in [0.05, 0.1) is 7.11 Å². The van der Waals surface area contributed by atoms with Crippen LogP contribution in [0.4, 0.5) is 0 Å². The van der Waals surface area contributed by atoms with Crippen molar-refractivity contribution in [3.8, 4) is 5.75 Å². The van der Waals surface area contributed by atoms with Crippen LogP contribution in [0.1, 0.15) is 21.5 Å². The molecular formula is C16H14O5S. The number of carbonyl (C=O) groups is 2. The third-order valence-electron chi connectivity index (χ3n) is 3.05. The van der Waals surface area contributed by atoms with Gasteiger partial charge in [-0.25, -0.2) is 4.79 Å². The maximum absolute atomic E-state index is 12.0. The summed E-state index contributed by atoms with van der Waals surface area (Å²) in [6.07, 6.45) is 1.26. The second kappa shape index (κ2) is 6.91. The van der Waals surface area contributed by atoms with E-state index in [2.05, 4.69) is 0 Å². The standard InChI is InChI=1S/C16H14O5S/c1-21-12-4-2-10(3-5-12)6-11-8-22-9-13(11)14(17)7-15(18)16(19)20/h2-5,7-9,18H,6H2,1H3,(H,19,20)/b15-7-. The minimum absolute atomic E-state index is 0.397. The fourth-order valence-electron chi connectivity index (χ4n) is 1.90. The van der Waals surface area contributed by atoms with Gasteiger partial charge in [0.1, 0.15) is 5.75 Å². The first kappa shape index (κ1) is 15.8. The number of ether oxygens (including phenoxy) is 1. The Morgan fingerprint density at radius 2 is 1.86 bits per heavy atom. The number of methoxy groups -OCH3 is 1. The van der Waals surface area contributed by atoms with Crippen molar-refractivity contribution < 1.29 is 24.5 Å². The van der Waals surface area contributed by atoms with Crippen LogP contribution >= 0.6 is 11.3 Å². The van der Waals surface area contributed by atoms with Crippen molar-refractivity contribution in [2.24, 2.45) is 0 Å². The van der Waals surface area contributed by atoms with Gasteiger partial charge in [-0.2, -0.15) is 11.3 Å². The smallest absolute Gasteiger partial charge is 0.371 e. The summed E-state index contributed by atoms with van der Waals surface area (Å²) in [6.45, 7) is 0. The summed E-state index contributed by atoms with van der Waals surface area (Å²) in [7, 11) is 1.59. The number of aliphatic hydroxyl groups is 1. The third kappa shape index (κ3) is 3.73. The molecule has 0 spiro atoms. The predicted octanol–water partition coefficient (Wildman–Crippen LogP) is 3.06. The monoisotopic (exact) mass is 318 g/mol. The van der Waals surface area contributed by atoms with Crippen LogP contribution < -0.4 is 4.74 Å². The first-order valence-electron chi connectivity index (χ1n) is 6.37. The Kier molecular flexibility index (Phi) is 4.95. The number of benzene rings is 1. The van der Waals surface area contributed by atoms with Gasteiger partial charge in [-0.1, -0.05) is 12.1 Å². The Hall–Kier alpha value is -2.60. The lowest BCUT2D eigenvalue weighted by molar-refractivity contribution is -0.135. The van der Waals surface area contributed by atoms with Crippen LogP contribution in [0.3, 0.4) is 0 Å². The van der Waals surface area contributed by atoms with Gasteiger partial charge in [-0.05, 0) is 35.1 Å². The van der Waals surface area contributed by atoms with Crippen LogP contribution in [0.2, 0.25) is 0 Å². The maximum Gasteiger partial charge on any atom is 0.371 e. The summed E-state index contributed by atoms with van der Waals surface area (Å²) in [5.41, 5.74) is 2.18. The molecule has 5 nitrogen and oxygen atoms in total. The van der Waals surface area contributed by atoms with Gasteiger partial charge in [0.25, 0.3) is 0 Å². The topological polar surface area (TPSA) is 83.8 Å². The van der Waals surface area contributed by atoms with Crippen molar-refractivity contribution in [1.82, 2.24) is 0 Å². The van der Waals surface area contributed by atoms with Crippen LogP contribution in [0, 0.1) is 0 Å². The SMILES string of the molecule is COc1ccc(Cc2cscc2C(=O)/C=C(\O)C(=O)O)cc1. The number of aliphatic carboxylic acids is 1.